The number of rotatable bonds is 4. The Morgan fingerprint density at radius 3 is 2.20 bits per heavy atom. The third-order valence-corrected chi connectivity index (χ3v) is 6.83. The molecule has 0 bridgehead atoms. The molecule has 3 rings (SSSR count). The van der Waals surface area contributed by atoms with Gasteiger partial charge in [0.1, 0.15) is 11.1 Å². The number of carboxylic acids is 1. The summed E-state index contributed by atoms with van der Waals surface area (Å²) in [5.74, 6) is -3.08. The largest absolute Gasteiger partial charge is 0.480 e. The number of aliphatic carboxylic acids is 1. The highest BCUT2D eigenvalue weighted by molar-refractivity contribution is 7.92. The first-order valence-corrected chi connectivity index (χ1v) is 9.00. The van der Waals surface area contributed by atoms with E-state index >= 15 is 0 Å². The predicted octanol–water partition coefficient (Wildman–Crippen LogP) is 2.67. The third kappa shape index (κ3) is 2.50. The van der Waals surface area contributed by atoms with Gasteiger partial charge in [0.2, 0.25) is 0 Å². The van der Waals surface area contributed by atoms with Crippen molar-refractivity contribution < 1.29 is 22.7 Å². The maximum absolute atomic E-state index is 13.1. The highest BCUT2D eigenvalue weighted by atomic mass is 32.2. The van der Waals surface area contributed by atoms with Gasteiger partial charge in [0.05, 0.1) is 11.0 Å². The first-order valence-electron chi connectivity index (χ1n) is 7.46. The fourth-order valence-electron chi connectivity index (χ4n) is 3.20. The van der Waals surface area contributed by atoms with Crippen LogP contribution in [0.25, 0.3) is 0 Å². The van der Waals surface area contributed by atoms with Crippen molar-refractivity contribution in [3.8, 4) is 6.07 Å². The lowest BCUT2D eigenvalue weighted by Crippen LogP contribution is -2.22. The van der Waals surface area contributed by atoms with E-state index in [1.807, 2.05) is 0 Å². The maximum Gasteiger partial charge on any atom is 0.326 e. The average molecular weight is 359 g/mol. The van der Waals surface area contributed by atoms with Crippen molar-refractivity contribution in [3.63, 3.8) is 0 Å². The molecule has 1 N–H and O–H groups in total. The molecule has 1 saturated carbocycles. The van der Waals surface area contributed by atoms with E-state index in [1.54, 1.807) is 25.1 Å². The molecule has 3 atom stereocenters. The first-order chi connectivity index (χ1) is 11.7. The van der Waals surface area contributed by atoms with E-state index in [0.717, 1.165) is 17.7 Å². The fraction of sp³-hybridized carbons (Fsp3) is 0.222. The van der Waals surface area contributed by atoms with Crippen LogP contribution in [0.4, 0.5) is 4.39 Å². The van der Waals surface area contributed by atoms with Crippen LogP contribution < -0.4 is 0 Å². The second-order valence-corrected chi connectivity index (χ2v) is 8.16. The molecule has 128 valence electrons. The zero-order valence-corrected chi connectivity index (χ0v) is 14.0. The molecule has 0 aliphatic heterocycles. The van der Waals surface area contributed by atoms with E-state index in [1.165, 1.54) is 24.3 Å². The predicted molar refractivity (Wildman–Crippen MR) is 87.0 cm³/mol. The molecule has 0 amide bonds. The number of benzene rings is 2. The van der Waals surface area contributed by atoms with Crippen LogP contribution in [0, 0.1) is 29.5 Å². The SMILES string of the molecule is Cc1ccc(S(=O)(=O)[C@@H]2[C@H](c3ccc(F)cc3)[C@]2(C#N)C(=O)O)cc1. The summed E-state index contributed by atoms with van der Waals surface area (Å²) in [4.78, 5) is 11.7. The number of nitriles is 1. The molecule has 1 aliphatic rings. The summed E-state index contributed by atoms with van der Waals surface area (Å²) in [6, 6.07) is 12.6. The molecule has 1 aliphatic carbocycles. The Kier molecular flexibility index (Phi) is 3.88. The molecule has 7 heteroatoms. The zero-order chi connectivity index (χ0) is 18.4. The Labute approximate surface area is 144 Å². The van der Waals surface area contributed by atoms with Crippen LogP contribution in [0.1, 0.15) is 17.0 Å². The molecule has 2 aromatic carbocycles. The number of aryl methyl sites for hydroxylation is 1. The van der Waals surface area contributed by atoms with Gasteiger partial charge in [0.15, 0.2) is 15.3 Å². The van der Waals surface area contributed by atoms with Crippen molar-refractivity contribution in [2.75, 3.05) is 0 Å². The molecule has 0 aromatic heterocycles. The normalized spacial score (nSPS) is 25.2. The number of halogens is 1. The van der Waals surface area contributed by atoms with Gasteiger partial charge in [-0.1, -0.05) is 29.8 Å². The Morgan fingerprint density at radius 1 is 1.16 bits per heavy atom. The topological polar surface area (TPSA) is 95.2 Å². The molecular formula is C18H14FNO4S. The van der Waals surface area contributed by atoms with Crippen molar-refractivity contribution in [1.29, 1.82) is 5.26 Å². The number of hydrogen-bond donors (Lipinski definition) is 1. The maximum atomic E-state index is 13.1. The van der Waals surface area contributed by atoms with Crippen molar-refractivity contribution in [1.82, 2.24) is 0 Å². The van der Waals surface area contributed by atoms with E-state index in [0.29, 0.717) is 5.56 Å². The molecule has 0 radical (unpaired) electrons. The highest BCUT2D eigenvalue weighted by Gasteiger charge is 2.77. The Morgan fingerprint density at radius 2 is 1.72 bits per heavy atom. The van der Waals surface area contributed by atoms with Crippen molar-refractivity contribution in [3.05, 3.63) is 65.5 Å². The van der Waals surface area contributed by atoms with Gasteiger partial charge in [-0.2, -0.15) is 5.26 Å². The Bertz CT molecular complexity index is 977. The smallest absolute Gasteiger partial charge is 0.326 e. The van der Waals surface area contributed by atoms with E-state index in [2.05, 4.69) is 0 Å². The van der Waals surface area contributed by atoms with Crippen LogP contribution in [-0.4, -0.2) is 24.7 Å². The van der Waals surface area contributed by atoms with Gasteiger partial charge >= 0.3 is 5.97 Å². The van der Waals surface area contributed by atoms with Crippen LogP contribution in [0.2, 0.25) is 0 Å². The summed E-state index contributed by atoms with van der Waals surface area (Å²) in [5, 5.41) is 17.6. The van der Waals surface area contributed by atoms with E-state index < -0.39 is 38.2 Å². The molecule has 5 nitrogen and oxygen atoms in total. The molecule has 25 heavy (non-hydrogen) atoms. The summed E-state index contributed by atoms with van der Waals surface area (Å²) in [7, 11) is -4.05. The number of sulfone groups is 1. The summed E-state index contributed by atoms with van der Waals surface area (Å²) in [6.07, 6.45) is 0. The van der Waals surface area contributed by atoms with Crippen molar-refractivity contribution in [2.24, 2.45) is 5.41 Å². The van der Waals surface area contributed by atoms with Crippen molar-refractivity contribution >= 4 is 15.8 Å². The quantitative estimate of drug-likeness (QED) is 0.905. The first kappa shape index (κ1) is 17.1. The van der Waals surface area contributed by atoms with Gasteiger partial charge < -0.3 is 5.11 Å². The molecule has 0 heterocycles. The molecule has 2 aromatic rings. The van der Waals surface area contributed by atoms with E-state index in [-0.39, 0.29) is 4.90 Å². The number of hydrogen-bond acceptors (Lipinski definition) is 4. The van der Waals surface area contributed by atoms with Gasteiger partial charge in [-0.15, -0.1) is 0 Å². The Balaban J connectivity index is 2.12. The summed E-state index contributed by atoms with van der Waals surface area (Å²) < 4.78 is 39.0. The van der Waals surface area contributed by atoms with E-state index in [9.17, 15) is 28.0 Å². The minimum atomic E-state index is -4.05. The lowest BCUT2D eigenvalue weighted by atomic mass is 10.0. The number of carbonyl (C=O) groups is 1. The van der Waals surface area contributed by atoms with E-state index in [4.69, 9.17) is 0 Å². The molecule has 1 fully saturated rings. The Hall–Kier alpha value is -2.72. The average Bonchev–Trinajstić information content (AvgIpc) is 3.27. The molecule has 0 spiro atoms. The van der Waals surface area contributed by atoms with Gasteiger partial charge in [-0.05, 0) is 36.8 Å². The number of nitrogens with zero attached hydrogens (tertiary/aromatic N) is 1. The van der Waals surface area contributed by atoms with Crippen LogP contribution in [0.15, 0.2) is 53.4 Å². The highest BCUT2D eigenvalue weighted by Crippen LogP contribution is 2.63. The zero-order valence-electron chi connectivity index (χ0n) is 13.2. The second-order valence-electron chi connectivity index (χ2n) is 6.09. The minimum absolute atomic E-state index is 0.0337. The van der Waals surface area contributed by atoms with Gasteiger partial charge in [-0.3, -0.25) is 4.79 Å². The minimum Gasteiger partial charge on any atom is -0.480 e. The van der Waals surface area contributed by atoms with Crippen LogP contribution in [0.3, 0.4) is 0 Å². The summed E-state index contributed by atoms with van der Waals surface area (Å²) >= 11 is 0. The summed E-state index contributed by atoms with van der Waals surface area (Å²) in [6.45, 7) is 1.80. The lowest BCUT2D eigenvalue weighted by molar-refractivity contribution is -0.141. The molecular weight excluding hydrogens is 345 g/mol. The van der Waals surface area contributed by atoms with Gasteiger partial charge in [0.25, 0.3) is 0 Å². The molecule has 0 saturated heterocycles. The van der Waals surface area contributed by atoms with Gasteiger partial charge in [-0.25, -0.2) is 12.8 Å². The second kappa shape index (κ2) is 5.67. The standard InChI is InChI=1S/C18H14FNO4S/c1-11-2-8-14(9-3-11)25(23,24)16-15(18(16,10-20)17(21)22)12-4-6-13(19)7-5-12/h2-9,15-16H,1H3,(H,21,22)/t15-,16+,18-/m0/s1. The van der Waals surface area contributed by atoms with Crippen LogP contribution in [-0.2, 0) is 14.6 Å². The van der Waals surface area contributed by atoms with Crippen LogP contribution >= 0.6 is 0 Å². The van der Waals surface area contributed by atoms with Gasteiger partial charge in [0, 0.05) is 5.92 Å². The summed E-state index contributed by atoms with van der Waals surface area (Å²) in [5.41, 5.74) is -0.915. The molecule has 0 unspecified atom stereocenters. The monoisotopic (exact) mass is 359 g/mol. The van der Waals surface area contributed by atoms with Crippen LogP contribution in [0.5, 0.6) is 0 Å². The van der Waals surface area contributed by atoms with Crippen molar-refractivity contribution in [2.45, 2.75) is 23.0 Å². The third-order valence-electron chi connectivity index (χ3n) is 4.58. The number of carboxylic acid groups (broad SMARTS) is 1. The lowest BCUT2D eigenvalue weighted by Gasteiger charge is -2.05. The fourth-order valence-corrected chi connectivity index (χ4v) is 5.45.